The summed E-state index contributed by atoms with van der Waals surface area (Å²) in [5.74, 6) is 0. The highest BCUT2D eigenvalue weighted by Gasteiger charge is 2.20. The van der Waals surface area contributed by atoms with Gasteiger partial charge in [0.15, 0.2) is 0 Å². The summed E-state index contributed by atoms with van der Waals surface area (Å²) in [4.78, 5) is 0. The molecule has 5 heteroatoms. The predicted octanol–water partition coefficient (Wildman–Crippen LogP) is 11.6. The number of fused-ring (bicyclic) bond motifs is 5. The van der Waals surface area contributed by atoms with E-state index in [1.165, 1.54) is 5.56 Å². The van der Waals surface area contributed by atoms with Crippen molar-refractivity contribution in [3.05, 3.63) is 174 Å². The van der Waals surface area contributed by atoms with Gasteiger partial charge in [-0.2, -0.15) is 21.0 Å². The lowest BCUT2D eigenvalue weighted by Crippen LogP contribution is -1.98. The van der Waals surface area contributed by atoms with Crippen molar-refractivity contribution in [2.45, 2.75) is 0 Å². The minimum absolute atomic E-state index is 0.441. The van der Waals surface area contributed by atoms with Gasteiger partial charge in [0.2, 0.25) is 0 Å². The maximum atomic E-state index is 10.5. The highest BCUT2D eigenvalue weighted by Crippen LogP contribution is 2.45. The molecule has 1 aromatic heterocycles. The van der Waals surface area contributed by atoms with Crippen molar-refractivity contribution in [3.8, 4) is 63.3 Å². The smallest absolute Gasteiger partial charge is 0.0998 e. The number of benzene rings is 8. The average molecular weight is 672 g/mol. The fraction of sp³-hybridized carbons (Fsp3) is 0. The van der Waals surface area contributed by atoms with Gasteiger partial charge >= 0.3 is 0 Å². The Kier molecular flexibility index (Phi) is 7.28. The van der Waals surface area contributed by atoms with Gasteiger partial charge in [0.25, 0.3) is 0 Å². The van der Waals surface area contributed by atoms with Crippen molar-refractivity contribution in [2.75, 3.05) is 0 Å². The second-order valence-corrected chi connectivity index (χ2v) is 12.9. The molecule has 0 atom stereocenters. The first-order valence-corrected chi connectivity index (χ1v) is 17.1. The zero-order valence-corrected chi connectivity index (χ0v) is 28.2. The van der Waals surface area contributed by atoms with Crippen molar-refractivity contribution >= 4 is 43.4 Å². The zero-order chi connectivity index (χ0) is 36.1. The van der Waals surface area contributed by atoms with Gasteiger partial charge in [-0.05, 0) is 111 Å². The molecule has 0 aliphatic carbocycles. The van der Waals surface area contributed by atoms with Gasteiger partial charge < -0.3 is 4.57 Å². The number of nitrogens with zero attached hydrogens (tertiary/aromatic N) is 5. The lowest BCUT2D eigenvalue weighted by atomic mass is 9.84. The molecular weight excluding hydrogens is 647 g/mol. The maximum absolute atomic E-state index is 10.5. The minimum atomic E-state index is 0.441. The quantitative estimate of drug-likeness (QED) is 0.174. The van der Waals surface area contributed by atoms with Crippen LogP contribution in [0.25, 0.3) is 82.4 Å². The van der Waals surface area contributed by atoms with Crippen LogP contribution < -0.4 is 0 Å². The number of hydrogen-bond acceptors (Lipinski definition) is 4. The Bertz CT molecular complexity index is 3030. The lowest BCUT2D eigenvalue weighted by Gasteiger charge is -2.19. The van der Waals surface area contributed by atoms with Gasteiger partial charge in [0.1, 0.15) is 0 Å². The summed E-state index contributed by atoms with van der Waals surface area (Å²) in [7, 11) is 0. The molecule has 9 aromatic rings. The predicted molar refractivity (Wildman–Crippen MR) is 211 cm³/mol. The molecule has 0 saturated heterocycles. The molecule has 0 spiro atoms. The topological polar surface area (TPSA) is 100 Å². The molecule has 1 heterocycles. The number of nitriles is 4. The molecule has 8 aromatic carbocycles. The first-order chi connectivity index (χ1) is 26.1. The van der Waals surface area contributed by atoms with Crippen molar-refractivity contribution in [3.63, 3.8) is 0 Å². The molecule has 0 N–H and O–H groups in total. The molecule has 0 saturated carbocycles. The Morgan fingerprint density at radius 3 is 1.34 bits per heavy atom. The third-order valence-corrected chi connectivity index (χ3v) is 10.1. The van der Waals surface area contributed by atoms with Crippen LogP contribution in [0.5, 0.6) is 0 Å². The van der Waals surface area contributed by atoms with Crippen LogP contribution in [-0.4, -0.2) is 4.57 Å². The summed E-state index contributed by atoms with van der Waals surface area (Å²) >= 11 is 0. The molecule has 5 nitrogen and oxygen atoms in total. The molecular formula is C48H25N5. The summed E-state index contributed by atoms with van der Waals surface area (Å²) in [6.07, 6.45) is 0. The minimum Gasteiger partial charge on any atom is -0.309 e. The van der Waals surface area contributed by atoms with Gasteiger partial charge in [-0.1, -0.05) is 84.9 Å². The number of hydrogen-bond donors (Lipinski definition) is 0. The molecule has 9 rings (SSSR count). The Balaban J connectivity index is 1.31. The van der Waals surface area contributed by atoms with Crippen molar-refractivity contribution in [1.82, 2.24) is 4.57 Å². The van der Waals surface area contributed by atoms with Crippen molar-refractivity contribution in [1.29, 1.82) is 21.0 Å². The van der Waals surface area contributed by atoms with Crippen LogP contribution in [0.15, 0.2) is 152 Å². The van der Waals surface area contributed by atoms with Gasteiger partial charge in [0.05, 0.1) is 57.6 Å². The van der Waals surface area contributed by atoms with E-state index in [-0.39, 0.29) is 0 Å². The first kappa shape index (κ1) is 31.1. The van der Waals surface area contributed by atoms with E-state index in [2.05, 4.69) is 102 Å². The molecule has 0 aliphatic rings. The van der Waals surface area contributed by atoms with Crippen LogP contribution in [-0.2, 0) is 0 Å². The summed E-state index contributed by atoms with van der Waals surface area (Å²) in [5, 5.41) is 46.4. The molecule has 0 aliphatic heterocycles. The van der Waals surface area contributed by atoms with Crippen LogP contribution in [0.1, 0.15) is 22.3 Å². The van der Waals surface area contributed by atoms with Gasteiger partial charge in [0, 0.05) is 27.6 Å². The molecule has 0 unspecified atom stereocenters. The summed E-state index contributed by atoms with van der Waals surface area (Å²) in [6, 6.07) is 59.2. The third-order valence-electron chi connectivity index (χ3n) is 10.1. The van der Waals surface area contributed by atoms with E-state index in [4.69, 9.17) is 0 Å². The van der Waals surface area contributed by atoms with Crippen LogP contribution >= 0.6 is 0 Å². The van der Waals surface area contributed by atoms with E-state index in [9.17, 15) is 21.0 Å². The molecule has 53 heavy (non-hydrogen) atoms. The molecule has 0 radical (unpaired) electrons. The average Bonchev–Trinajstić information content (AvgIpc) is 3.55. The monoisotopic (exact) mass is 671 g/mol. The Labute approximate surface area is 305 Å². The summed E-state index contributed by atoms with van der Waals surface area (Å²) in [6.45, 7) is 0. The van der Waals surface area contributed by atoms with Gasteiger partial charge in [-0.15, -0.1) is 0 Å². The van der Waals surface area contributed by atoms with E-state index < -0.39 is 0 Å². The third kappa shape index (κ3) is 4.90. The number of aromatic nitrogens is 1. The van der Waals surface area contributed by atoms with Gasteiger partial charge in [-0.3, -0.25) is 0 Å². The Hall–Kier alpha value is -7.96. The first-order valence-electron chi connectivity index (χ1n) is 17.1. The van der Waals surface area contributed by atoms with E-state index in [0.29, 0.717) is 33.4 Å². The van der Waals surface area contributed by atoms with Crippen LogP contribution in [0, 0.1) is 45.3 Å². The van der Waals surface area contributed by atoms with Crippen LogP contribution in [0.3, 0.4) is 0 Å². The highest BCUT2D eigenvalue weighted by molar-refractivity contribution is 6.21. The SMILES string of the molecule is N#Cc1ccc2c(c1)c1cc(C#N)ccc1n2-c1ccc(C#N)c(-c2cc(-c3c4ccccc4c(-c4ccccc4)c4ccccc34)ccc2C#N)c1. The molecule has 0 bridgehead atoms. The largest absolute Gasteiger partial charge is 0.309 e. The number of rotatable bonds is 4. The van der Waals surface area contributed by atoms with Gasteiger partial charge in [-0.25, -0.2) is 0 Å². The fourth-order valence-corrected chi connectivity index (χ4v) is 7.81. The normalized spacial score (nSPS) is 10.9. The van der Waals surface area contributed by atoms with E-state index in [1.54, 1.807) is 18.2 Å². The summed E-state index contributed by atoms with van der Waals surface area (Å²) in [5.41, 5.74) is 10.0. The molecule has 0 fully saturated rings. The highest BCUT2D eigenvalue weighted by atomic mass is 15.0. The Morgan fingerprint density at radius 2 is 0.830 bits per heavy atom. The van der Waals surface area contributed by atoms with Crippen molar-refractivity contribution in [2.24, 2.45) is 0 Å². The van der Waals surface area contributed by atoms with Crippen LogP contribution in [0.4, 0.5) is 0 Å². The van der Waals surface area contributed by atoms with E-state index in [1.807, 2.05) is 60.7 Å². The van der Waals surface area contributed by atoms with E-state index in [0.717, 1.165) is 65.7 Å². The van der Waals surface area contributed by atoms with Crippen molar-refractivity contribution < 1.29 is 0 Å². The lowest BCUT2D eigenvalue weighted by molar-refractivity contribution is 1.18. The standard InChI is InChI=1S/C48H25N5/c49-26-30-14-20-45-43(22-30)44-23-31(27-50)15-21-46(44)53(45)36-19-18-35(29-52)42(25-36)41-24-33(16-17-34(41)28-51)48-39-12-6-4-10-37(39)47(32-8-2-1-3-9-32)38-11-5-7-13-40(38)48/h1-25H. The zero-order valence-electron chi connectivity index (χ0n) is 28.2. The Morgan fingerprint density at radius 1 is 0.358 bits per heavy atom. The van der Waals surface area contributed by atoms with E-state index >= 15 is 0 Å². The van der Waals surface area contributed by atoms with Crippen LogP contribution in [0.2, 0.25) is 0 Å². The maximum Gasteiger partial charge on any atom is 0.0998 e. The molecule has 0 amide bonds. The molecule has 242 valence electrons. The summed E-state index contributed by atoms with van der Waals surface area (Å²) < 4.78 is 2.08. The fourth-order valence-electron chi connectivity index (χ4n) is 7.81. The second kappa shape index (κ2) is 12.4. The second-order valence-electron chi connectivity index (χ2n) is 12.9.